The number of carbonyl (C=O) groups excluding carboxylic acids is 1. The first-order chi connectivity index (χ1) is 13.5. The molecule has 1 aliphatic heterocycles. The SMILES string of the molecule is O=C(O)CCCN1C(=O)/C(=C/c2nc3ccccc3c3ncccc23)SC1=S. The van der Waals surface area contributed by atoms with Gasteiger partial charge in [0.2, 0.25) is 0 Å². The number of carbonyl (C=O) groups is 2. The van der Waals surface area contributed by atoms with Crippen LogP contribution in [0.5, 0.6) is 0 Å². The van der Waals surface area contributed by atoms with E-state index >= 15 is 0 Å². The summed E-state index contributed by atoms with van der Waals surface area (Å²) >= 11 is 6.52. The Balaban J connectivity index is 1.72. The molecule has 0 unspecified atom stereocenters. The van der Waals surface area contributed by atoms with Crippen molar-refractivity contribution in [2.24, 2.45) is 0 Å². The van der Waals surface area contributed by atoms with Gasteiger partial charge in [0.1, 0.15) is 4.32 Å². The van der Waals surface area contributed by atoms with Crippen molar-refractivity contribution in [2.75, 3.05) is 6.54 Å². The smallest absolute Gasteiger partial charge is 0.303 e. The van der Waals surface area contributed by atoms with Gasteiger partial charge in [0, 0.05) is 29.9 Å². The van der Waals surface area contributed by atoms with Crippen molar-refractivity contribution in [3.63, 3.8) is 0 Å². The summed E-state index contributed by atoms with van der Waals surface area (Å²) in [7, 11) is 0. The Kier molecular flexibility index (Phi) is 5.06. The molecule has 1 saturated heterocycles. The number of thioether (sulfide) groups is 1. The molecule has 140 valence electrons. The summed E-state index contributed by atoms with van der Waals surface area (Å²) in [6, 6.07) is 11.5. The van der Waals surface area contributed by atoms with E-state index in [1.165, 1.54) is 16.7 Å². The predicted octanol–water partition coefficient (Wildman–Crippen LogP) is 3.85. The van der Waals surface area contributed by atoms with Gasteiger partial charge in [-0.15, -0.1) is 0 Å². The Hall–Kier alpha value is -2.84. The number of benzene rings is 1. The molecule has 0 radical (unpaired) electrons. The van der Waals surface area contributed by atoms with Crippen molar-refractivity contribution < 1.29 is 14.7 Å². The second-order valence-corrected chi connectivity index (χ2v) is 7.92. The Morgan fingerprint density at radius 1 is 1.21 bits per heavy atom. The molecule has 4 rings (SSSR count). The Morgan fingerprint density at radius 3 is 2.82 bits per heavy atom. The molecule has 1 aliphatic rings. The molecule has 3 heterocycles. The molecule has 3 aromatic rings. The van der Waals surface area contributed by atoms with E-state index in [2.05, 4.69) is 4.98 Å². The molecule has 1 fully saturated rings. The summed E-state index contributed by atoms with van der Waals surface area (Å²) in [5.74, 6) is -1.10. The first-order valence-corrected chi connectivity index (χ1v) is 9.88. The largest absolute Gasteiger partial charge is 0.481 e. The van der Waals surface area contributed by atoms with Crippen LogP contribution in [0.4, 0.5) is 0 Å². The molecule has 1 amide bonds. The van der Waals surface area contributed by atoms with Crippen molar-refractivity contribution >= 4 is 68.1 Å². The number of carboxylic acids is 1. The molecule has 28 heavy (non-hydrogen) atoms. The number of nitrogens with zero attached hydrogens (tertiary/aromatic N) is 3. The number of aromatic nitrogens is 2. The van der Waals surface area contributed by atoms with Crippen molar-refractivity contribution in [3.05, 3.63) is 53.2 Å². The van der Waals surface area contributed by atoms with Crippen LogP contribution in [0.15, 0.2) is 47.5 Å². The minimum atomic E-state index is -0.889. The molecule has 0 spiro atoms. The molecule has 0 aliphatic carbocycles. The second-order valence-electron chi connectivity index (χ2n) is 6.24. The number of rotatable bonds is 5. The van der Waals surface area contributed by atoms with Crippen molar-refractivity contribution in [1.82, 2.24) is 14.9 Å². The van der Waals surface area contributed by atoms with Crippen LogP contribution in [-0.2, 0) is 9.59 Å². The summed E-state index contributed by atoms with van der Waals surface area (Å²) < 4.78 is 0.435. The highest BCUT2D eigenvalue weighted by Gasteiger charge is 2.32. The van der Waals surface area contributed by atoms with Crippen molar-refractivity contribution in [2.45, 2.75) is 12.8 Å². The standard InChI is InChI=1S/C20H15N3O3S2/c24-17(25)8-4-10-23-19(26)16(28-20(23)27)11-15-13-6-3-9-21-18(13)12-5-1-2-7-14(12)22-15/h1-3,5-7,9,11H,4,8,10H2,(H,24,25)/b16-11-. The topological polar surface area (TPSA) is 83.4 Å². The number of hydrogen-bond acceptors (Lipinski definition) is 6. The van der Waals surface area contributed by atoms with Crippen LogP contribution >= 0.6 is 24.0 Å². The average Bonchev–Trinajstić information content (AvgIpc) is 2.95. The minimum absolute atomic E-state index is 0.00134. The van der Waals surface area contributed by atoms with E-state index in [9.17, 15) is 9.59 Å². The monoisotopic (exact) mass is 409 g/mol. The summed E-state index contributed by atoms with van der Waals surface area (Å²) in [6.07, 6.45) is 3.84. The number of thiocarbonyl (C=S) groups is 1. The fourth-order valence-corrected chi connectivity index (χ4v) is 4.39. The highest BCUT2D eigenvalue weighted by atomic mass is 32.2. The lowest BCUT2D eigenvalue weighted by Crippen LogP contribution is -2.29. The average molecular weight is 409 g/mol. The zero-order valence-electron chi connectivity index (χ0n) is 14.7. The summed E-state index contributed by atoms with van der Waals surface area (Å²) in [4.78, 5) is 34.6. The molecule has 8 heteroatoms. The molecule has 0 bridgehead atoms. The third-order valence-electron chi connectivity index (χ3n) is 4.40. The van der Waals surface area contributed by atoms with Gasteiger partial charge in [-0.2, -0.15) is 0 Å². The number of hydrogen-bond donors (Lipinski definition) is 1. The van der Waals surface area contributed by atoms with Gasteiger partial charge in [0.05, 0.1) is 21.6 Å². The fraction of sp³-hybridized carbons (Fsp3) is 0.150. The molecule has 1 N–H and O–H groups in total. The lowest BCUT2D eigenvalue weighted by Gasteiger charge is -2.13. The van der Waals surface area contributed by atoms with Gasteiger partial charge in [0.25, 0.3) is 5.91 Å². The zero-order chi connectivity index (χ0) is 19.7. The quantitative estimate of drug-likeness (QED) is 0.389. The van der Waals surface area contributed by atoms with E-state index in [1.54, 1.807) is 12.3 Å². The van der Waals surface area contributed by atoms with Gasteiger partial charge in [-0.05, 0) is 30.7 Å². The van der Waals surface area contributed by atoms with E-state index in [0.29, 0.717) is 27.9 Å². The van der Waals surface area contributed by atoms with E-state index in [0.717, 1.165) is 21.8 Å². The first-order valence-electron chi connectivity index (χ1n) is 8.65. The van der Waals surface area contributed by atoms with Crippen LogP contribution in [0.3, 0.4) is 0 Å². The van der Waals surface area contributed by atoms with Gasteiger partial charge < -0.3 is 5.11 Å². The Labute approximate surface area is 170 Å². The lowest BCUT2D eigenvalue weighted by atomic mass is 10.1. The van der Waals surface area contributed by atoms with E-state index in [4.69, 9.17) is 22.3 Å². The van der Waals surface area contributed by atoms with Gasteiger partial charge in [-0.3, -0.25) is 19.5 Å². The summed E-state index contributed by atoms with van der Waals surface area (Å²) in [6.45, 7) is 0.293. The predicted molar refractivity (Wildman–Crippen MR) is 114 cm³/mol. The van der Waals surface area contributed by atoms with Gasteiger partial charge in [-0.25, -0.2) is 4.98 Å². The Bertz CT molecular complexity index is 1160. The molecule has 6 nitrogen and oxygen atoms in total. The number of aliphatic carboxylic acids is 1. The molecule has 2 aromatic heterocycles. The molecular weight excluding hydrogens is 394 g/mol. The molecule has 1 aromatic carbocycles. The van der Waals surface area contributed by atoms with Crippen molar-refractivity contribution in [1.29, 1.82) is 0 Å². The lowest BCUT2D eigenvalue weighted by molar-refractivity contribution is -0.137. The third kappa shape index (κ3) is 3.48. The van der Waals surface area contributed by atoms with E-state index in [-0.39, 0.29) is 12.3 Å². The molecular formula is C20H15N3O3S2. The maximum atomic E-state index is 12.8. The number of fused-ring (bicyclic) bond motifs is 3. The van der Waals surface area contributed by atoms with Crippen LogP contribution < -0.4 is 0 Å². The molecule has 0 atom stereocenters. The number of pyridine rings is 2. The first kappa shape index (κ1) is 18.5. The van der Waals surface area contributed by atoms with Crippen LogP contribution in [0.2, 0.25) is 0 Å². The number of carboxylic acid groups (broad SMARTS) is 1. The maximum absolute atomic E-state index is 12.8. The number of para-hydroxylation sites is 1. The van der Waals surface area contributed by atoms with E-state index < -0.39 is 5.97 Å². The number of amides is 1. The molecule has 0 saturated carbocycles. The zero-order valence-corrected chi connectivity index (χ0v) is 16.3. The van der Waals surface area contributed by atoms with Crippen LogP contribution in [-0.4, -0.2) is 42.7 Å². The van der Waals surface area contributed by atoms with Gasteiger partial charge in [0.15, 0.2) is 0 Å². The van der Waals surface area contributed by atoms with Gasteiger partial charge >= 0.3 is 5.97 Å². The highest BCUT2D eigenvalue weighted by Crippen LogP contribution is 2.34. The highest BCUT2D eigenvalue weighted by molar-refractivity contribution is 8.26. The van der Waals surface area contributed by atoms with Crippen molar-refractivity contribution in [3.8, 4) is 0 Å². The second kappa shape index (κ2) is 7.65. The maximum Gasteiger partial charge on any atom is 0.303 e. The summed E-state index contributed by atoms with van der Waals surface area (Å²) in [5.41, 5.74) is 2.29. The van der Waals surface area contributed by atoms with E-state index in [1.807, 2.05) is 36.4 Å². The van der Waals surface area contributed by atoms with Crippen LogP contribution in [0.1, 0.15) is 18.5 Å². The Morgan fingerprint density at radius 2 is 2.00 bits per heavy atom. The fourth-order valence-electron chi connectivity index (χ4n) is 3.10. The summed E-state index contributed by atoms with van der Waals surface area (Å²) in [5, 5.41) is 10.6. The normalized spacial score (nSPS) is 15.9. The van der Waals surface area contributed by atoms with Crippen LogP contribution in [0.25, 0.3) is 27.9 Å². The van der Waals surface area contributed by atoms with Crippen LogP contribution in [0, 0.1) is 0 Å². The van der Waals surface area contributed by atoms with Gasteiger partial charge in [-0.1, -0.05) is 42.2 Å². The minimum Gasteiger partial charge on any atom is -0.481 e. The third-order valence-corrected chi connectivity index (χ3v) is 5.78.